The van der Waals surface area contributed by atoms with Gasteiger partial charge in [0.1, 0.15) is 5.69 Å². The van der Waals surface area contributed by atoms with Crippen LogP contribution < -0.4 is 5.48 Å². The third-order valence-corrected chi connectivity index (χ3v) is 1.03. The maximum atomic E-state index is 10.1. The highest BCUT2D eigenvalue weighted by molar-refractivity contribution is 5.73. The Labute approximate surface area is 57.5 Å². The van der Waals surface area contributed by atoms with Crippen LogP contribution in [0.3, 0.4) is 0 Å². The van der Waals surface area contributed by atoms with Crippen molar-refractivity contribution >= 4 is 12.0 Å². The number of nitrogens with zero attached hydrogens (tertiary/aromatic N) is 1. The molecule has 1 rings (SSSR count). The molecule has 0 bridgehead atoms. The molecule has 0 aliphatic carbocycles. The van der Waals surface area contributed by atoms with E-state index in [-0.39, 0.29) is 0 Å². The van der Waals surface area contributed by atoms with Gasteiger partial charge in [-0.3, -0.25) is 20.5 Å². The Morgan fingerprint density at radius 3 is 3.10 bits per heavy atom. The van der Waals surface area contributed by atoms with Gasteiger partial charge >= 0.3 is 0 Å². The van der Waals surface area contributed by atoms with Crippen LogP contribution >= 0.6 is 0 Å². The highest BCUT2D eigenvalue weighted by Crippen LogP contribution is 2.03. The fourth-order valence-corrected chi connectivity index (χ4v) is 0.582. The summed E-state index contributed by atoms with van der Waals surface area (Å²) in [6.07, 6.45) is 2.04. The molecule has 0 saturated heterocycles. The van der Waals surface area contributed by atoms with Crippen LogP contribution in [-0.4, -0.2) is 16.5 Å². The van der Waals surface area contributed by atoms with Gasteiger partial charge in [-0.2, -0.15) is 0 Å². The molecule has 0 atom stereocenters. The van der Waals surface area contributed by atoms with Crippen LogP contribution in [0.1, 0.15) is 10.5 Å². The second-order valence-electron chi connectivity index (χ2n) is 1.70. The van der Waals surface area contributed by atoms with E-state index in [9.17, 15) is 4.79 Å². The van der Waals surface area contributed by atoms with Gasteiger partial charge in [0, 0.05) is 6.20 Å². The quantitative estimate of drug-likeness (QED) is 0.466. The number of rotatable bonds is 2. The number of pyridine rings is 1. The molecule has 1 aromatic heterocycles. The van der Waals surface area contributed by atoms with Gasteiger partial charge in [-0.05, 0) is 12.1 Å². The highest BCUT2D eigenvalue weighted by atomic mass is 16.5. The molecule has 0 aliphatic heterocycles. The van der Waals surface area contributed by atoms with Crippen molar-refractivity contribution in [3.63, 3.8) is 0 Å². The van der Waals surface area contributed by atoms with Crippen LogP contribution in [0.25, 0.3) is 0 Å². The third-order valence-electron chi connectivity index (χ3n) is 1.03. The molecule has 0 aromatic carbocycles. The number of anilines is 1. The number of carbonyl (C=O) groups excluding carboxylic acids is 1. The first-order valence-electron chi connectivity index (χ1n) is 2.68. The summed E-state index contributed by atoms with van der Waals surface area (Å²) in [6, 6.07) is 2.99. The zero-order chi connectivity index (χ0) is 7.40. The lowest BCUT2D eigenvalue weighted by Gasteiger charge is -1.95. The Balaban J connectivity index is 2.98. The average Bonchev–Trinajstić information content (AvgIpc) is 2.05. The molecular weight excluding hydrogens is 132 g/mol. The maximum Gasteiger partial charge on any atom is 0.168 e. The summed E-state index contributed by atoms with van der Waals surface area (Å²) in [5.74, 6) is 0. The Bertz CT molecular complexity index is 237. The summed E-state index contributed by atoms with van der Waals surface area (Å²) in [7, 11) is 0. The van der Waals surface area contributed by atoms with E-state index < -0.39 is 0 Å². The Morgan fingerprint density at radius 1 is 1.70 bits per heavy atom. The summed E-state index contributed by atoms with van der Waals surface area (Å²) in [6.45, 7) is 0. The first-order valence-corrected chi connectivity index (χ1v) is 2.68. The molecule has 0 aliphatic rings. The molecule has 2 N–H and O–H groups in total. The van der Waals surface area contributed by atoms with Gasteiger partial charge in [-0.25, -0.2) is 0 Å². The summed E-state index contributed by atoms with van der Waals surface area (Å²) in [4.78, 5) is 13.8. The van der Waals surface area contributed by atoms with Gasteiger partial charge in [0.15, 0.2) is 6.29 Å². The molecule has 10 heavy (non-hydrogen) atoms. The first kappa shape index (κ1) is 6.70. The van der Waals surface area contributed by atoms with E-state index in [2.05, 4.69) is 4.98 Å². The van der Waals surface area contributed by atoms with E-state index in [1.54, 1.807) is 6.07 Å². The van der Waals surface area contributed by atoms with Crippen LogP contribution in [-0.2, 0) is 0 Å². The van der Waals surface area contributed by atoms with Crippen molar-refractivity contribution in [1.82, 2.24) is 4.98 Å². The van der Waals surface area contributed by atoms with E-state index >= 15 is 0 Å². The minimum Gasteiger partial charge on any atom is -0.296 e. The fraction of sp³-hybridized carbons (Fsp3) is 0. The molecule has 0 amide bonds. The zero-order valence-corrected chi connectivity index (χ0v) is 5.11. The largest absolute Gasteiger partial charge is 0.296 e. The molecule has 0 fully saturated rings. The first-order chi connectivity index (χ1) is 4.86. The lowest BCUT2D eigenvalue weighted by molar-refractivity contribution is 0.111. The molecule has 1 heterocycles. The molecule has 0 saturated carbocycles. The van der Waals surface area contributed by atoms with Gasteiger partial charge in [0.25, 0.3) is 0 Å². The van der Waals surface area contributed by atoms with Crippen molar-refractivity contribution in [2.45, 2.75) is 0 Å². The van der Waals surface area contributed by atoms with Crippen molar-refractivity contribution in [1.29, 1.82) is 0 Å². The Kier molecular flexibility index (Phi) is 1.96. The topological polar surface area (TPSA) is 62.2 Å². The molecule has 4 nitrogen and oxygen atoms in total. The molecule has 1 aromatic rings. The van der Waals surface area contributed by atoms with Gasteiger partial charge in [0.2, 0.25) is 0 Å². The van der Waals surface area contributed by atoms with Crippen molar-refractivity contribution in [3.05, 3.63) is 24.0 Å². The molecule has 52 valence electrons. The van der Waals surface area contributed by atoms with E-state index in [1.165, 1.54) is 12.3 Å². The van der Waals surface area contributed by atoms with Crippen molar-refractivity contribution in [3.8, 4) is 0 Å². The smallest absolute Gasteiger partial charge is 0.168 e. The zero-order valence-electron chi connectivity index (χ0n) is 5.11. The molecule has 0 radical (unpaired) electrons. The summed E-state index contributed by atoms with van der Waals surface area (Å²) >= 11 is 0. The van der Waals surface area contributed by atoms with E-state index in [1.807, 2.05) is 5.48 Å². The fourth-order valence-electron chi connectivity index (χ4n) is 0.582. The maximum absolute atomic E-state index is 10.1. The number of hydrogen-bond donors (Lipinski definition) is 2. The summed E-state index contributed by atoms with van der Waals surface area (Å²) in [5.41, 5.74) is 2.65. The third kappa shape index (κ3) is 1.29. The number of nitrogens with one attached hydrogen (secondary N) is 1. The molecule has 0 spiro atoms. The summed E-state index contributed by atoms with van der Waals surface area (Å²) < 4.78 is 0. The second kappa shape index (κ2) is 2.93. The van der Waals surface area contributed by atoms with Crippen LogP contribution in [0.2, 0.25) is 0 Å². The predicted octanol–water partition coefficient (Wildman–Crippen LogP) is 0.695. The highest BCUT2D eigenvalue weighted by Gasteiger charge is 1.91. The van der Waals surface area contributed by atoms with Crippen LogP contribution in [0, 0.1) is 0 Å². The van der Waals surface area contributed by atoms with E-state index in [4.69, 9.17) is 5.21 Å². The molecule has 0 unspecified atom stereocenters. The average molecular weight is 138 g/mol. The Hall–Kier alpha value is -1.42. The summed E-state index contributed by atoms with van der Waals surface area (Å²) in [5, 5.41) is 8.36. The van der Waals surface area contributed by atoms with Crippen molar-refractivity contribution in [2.75, 3.05) is 5.48 Å². The predicted molar refractivity (Wildman–Crippen MR) is 35.0 cm³/mol. The number of aromatic nitrogens is 1. The minimum absolute atomic E-state index is 0.291. The molecule has 4 heteroatoms. The van der Waals surface area contributed by atoms with Gasteiger partial charge in [-0.1, -0.05) is 0 Å². The van der Waals surface area contributed by atoms with Gasteiger partial charge < -0.3 is 0 Å². The number of carbonyl (C=O) groups is 1. The van der Waals surface area contributed by atoms with Gasteiger partial charge in [0.05, 0.1) is 5.69 Å². The van der Waals surface area contributed by atoms with Crippen molar-refractivity contribution in [2.24, 2.45) is 0 Å². The van der Waals surface area contributed by atoms with Gasteiger partial charge in [-0.15, -0.1) is 0 Å². The lowest BCUT2D eigenvalue weighted by Crippen LogP contribution is -1.92. The monoisotopic (exact) mass is 138 g/mol. The number of hydrogen-bond acceptors (Lipinski definition) is 4. The minimum atomic E-state index is 0.291. The second-order valence-corrected chi connectivity index (χ2v) is 1.70. The van der Waals surface area contributed by atoms with Crippen molar-refractivity contribution < 1.29 is 10.0 Å². The SMILES string of the molecule is O=Cc1cc(NO)ccn1. The van der Waals surface area contributed by atoms with Crippen LogP contribution in [0.5, 0.6) is 0 Å². The molecular formula is C6H6N2O2. The number of aldehydes is 1. The normalized spacial score (nSPS) is 8.90. The standard InChI is InChI=1S/C6H6N2O2/c9-4-6-3-5(8-10)1-2-7-6/h1-4,10H,(H,7,8). The van der Waals surface area contributed by atoms with E-state index in [0.717, 1.165) is 0 Å². The Morgan fingerprint density at radius 2 is 2.50 bits per heavy atom. The van der Waals surface area contributed by atoms with Crippen LogP contribution in [0.4, 0.5) is 5.69 Å². The van der Waals surface area contributed by atoms with E-state index in [0.29, 0.717) is 17.7 Å². The van der Waals surface area contributed by atoms with Crippen LogP contribution in [0.15, 0.2) is 18.3 Å². The lowest BCUT2D eigenvalue weighted by atomic mass is 10.3.